The molecule has 1 aliphatic rings. The van der Waals surface area contributed by atoms with E-state index in [4.69, 9.17) is 5.73 Å². The summed E-state index contributed by atoms with van der Waals surface area (Å²) in [4.78, 5) is 0. The summed E-state index contributed by atoms with van der Waals surface area (Å²) in [5, 5.41) is 0. The van der Waals surface area contributed by atoms with Crippen LogP contribution in [0.25, 0.3) is 0 Å². The lowest BCUT2D eigenvalue weighted by molar-refractivity contribution is 0.631. The highest BCUT2D eigenvalue weighted by atomic mass is 14.7. The van der Waals surface area contributed by atoms with E-state index in [9.17, 15) is 0 Å². The largest absolute Gasteiger partial charge is 0.324 e. The highest BCUT2D eigenvalue weighted by Gasteiger charge is 2.37. The quantitative estimate of drug-likeness (QED) is 0.557. The van der Waals surface area contributed by atoms with Gasteiger partial charge in [-0.25, -0.2) is 0 Å². The first-order chi connectivity index (χ1) is 4.13. The van der Waals surface area contributed by atoms with Crippen LogP contribution in [0.15, 0.2) is 12.2 Å². The van der Waals surface area contributed by atoms with Crippen molar-refractivity contribution in [1.82, 2.24) is 0 Å². The molecule has 1 fully saturated rings. The van der Waals surface area contributed by atoms with E-state index >= 15 is 0 Å². The molecule has 0 amide bonds. The molecule has 1 aliphatic carbocycles. The minimum Gasteiger partial charge on any atom is -0.324 e. The molecule has 9 heavy (non-hydrogen) atoms. The van der Waals surface area contributed by atoms with Gasteiger partial charge in [0.25, 0.3) is 0 Å². The maximum atomic E-state index is 5.81. The van der Waals surface area contributed by atoms with Crippen molar-refractivity contribution in [2.24, 2.45) is 17.6 Å². The molecular weight excluding hydrogens is 110 g/mol. The molecule has 1 nitrogen and oxygen atoms in total. The van der Waals surface area contributed by atoms with Crippen molar-refractivity contribution in [3.05, 3.63) is 12.2 Å². The summed E-state index contributed by atoms with van der Waals surface area (Å²) in [6.07, 6.45) is 1.30. The first-order valence-electron chi connectivity index (χ1n) is 3.54. The average molecular weight is 125 g/mol. The van der Waals surface area contributed by atoms with Crippen molar-refractivity contribution >= 4 is 0 Å². The van der Waals surface area contributed by atoms with E-state index in [0.717, 1.165) is 17.4 Å². The summed E-state index contributed by atoms with van der Waals surface area (Å²) in [5.74, 6) is 1.58. The third kappa shape index (κ3) is 1.33. The van der Waals surface area contributed by atoms with E-state index in [-0.39, 0.29) is 6.04 Å². The summed E-state index contributed by atoms with van der Waals surface area (Å²) in [6, 6.07) is 0.264. The van der Waals surface area contributed by atoms with Crippen LogP contribution in [0.5, 0.6) is 0 Å². The van der Waals surface area contributed by atoms with Gasteiger partial charge >= 0.3 is 0 Å². The monoisotopic (exact) mass is 125 g/mol. The summed E-state index contributed by atoms with van der Waals surface area (Å²) in [6.45, 7) is 8.08. The van der Waals surface area contributed by atoms with Gasteiger partial charge in [-0.2, -0.15) is 0 Å². The van der Waals surface area contributed by atoms with Gasteiger partial charge in [0.15, 0.2) is 0 Å². The molecule has 1 rings (SSSR count). The van der Waals surface area contributed by atoms with Crippen LogP contribution >= 0.6 is 0 Å². The van der Waals surface area contributed by atoms with Crippen LogP contribution in [0.3, 0.4) is 0 Å². The van der Waals surface area contributed by atoms with Crippen LogP contribution < -0.4 is 5.73 Å². The maximum Gasteiger partial charge on any atom is 0.0279 e. The van der Waals surface area contributed by atoms with Gasteiger partial charge in [0.1, 0.15) is 0 Å². The van der Waals surface area contributed by atoms with Gasteiger partial charge in [-0.1, -0.05) is 19.1 Å². The minimum absolute atomic E-state index is 0.264. The fraction of sp³-hybridized carbons (Fsp3) is 0.750. The van der Waals surface area contributed by atoms with E-state index in [0.29, 0.717) is 0 Å². The zero-order valence-corrected chi connectivity index (χ0v) is 6.22. The van der Waals surface area contributed by atoms with Crippen LogP contribution in [-0.2, 0) is 0 Å². The van der Waals surface area contributed by atoms with Crippen LogP contribution in [-0.4, -0.2) is 6.04 Å². The molecule has 0 aromatic rings. The summed E-state index contributed by atoms with van der Waals surface area (Å²) in [7, 11) is 0. The Hall–Kier alpha value is -0.300. The maximum absolute atomic E-state index is 5.81. The summed E-state index contributed by atoms with van der Waals surface area (Å²) in [5.41, 5.74) is 6.94. The van der Waals surface area contributed by atoms with Crippen molar-refractivity contribution in [2.45, 2.75) is 26.3 Å². The van der Waals surface area contributed by atoms with Crippen molar-refractivity contribution in [2.75, 3.05) is 0 Å². The van der Waals surface area contributed by atoms with Crippen LogP contribution in [0.4, 0.5) is 0 Å². The molecule has 1 heteroatoms. The van der Waals surface area contributed by atoms with Gasteiger partial charge in [0, 0.05) is 6.04 Å². The second-order valence-corrected chi connectivity index (χ2v) is 3.25. The minimum atomic E-state index is 0.264. The molecule has 0 aromatic heterocycles. The molecule has 2 N–H and O–H groups in total. The number of hydrogen-bond acceptors (Lipinski definition) is 1. The Morgan fingerprint density at radius 3 is 2.33 bits per heavy atom. The second kappa shape index (κ2) is 2.14. The Bertz CT molecular complexity index is 129. The van der Waals surface area contributed by atoms with Crippen LogP contribution in [0.2, 0.25) is 0 Å². The Morgan fingerprint density at radius 2 is 2.22 bits per heavy atom. The molecule has 1 saturated carbocycles. The Morgan fingerprint density at radius 1 is 1.78 bits per heavy atom. The third-order valence-corrected chi connectivity index (χ3v) is 2.20. The predicted octanol–water partition coefficient (Wildman–Crippen LogP) is 1.55. The van der Waals surface area contributed by atoms with Gasteiger partial charge in [-0.05, 0) is 25.2 Å². The molecule has 3 atom stereocenters. The van der Waals surface area contributed by atoms with E-state index < -0.39 is 0 Å². The smallest absolute Gasteiger partial charge is 0.0279 e. The van der Waals surface area contributed by atoms with E-state index in [2.05, 4.69) is 13.5 Å². The lowest BCUT2D eigenvalue weighted by atomic mass is 10.1. The molecule has 0 aromatic carbocycles. The van der Waals surface area contributed by atoms with Crippen molar-refractivity contribution in [3.63, 3.8) is 0 Å². The molecule has 0 aliphatic heterocycles. The Balaban J connectivity index is 2.36. The summed E-state index contributed by atoms with van der Waals surface area (Å²) >= 11 is 0. The first-order valence-corrected chi connectivity index (χ1v) is 3.54. The molecule has 0 spiro atoms. The molecule has 0 radical (unpaired) electrons. The number of nitrogens with two attached hydrogens (primary N) is 1. The van der Waals surface area contributed by atoms with Crippen molar-refractivity contribution < 1.29 is 0 Å². The fourth-order valence-electron chi connectivity index (χ4n) is 1.22. The Labute approximate surface area is 56.9 Å². The second-order valence-electron chi connectivity index (χ2n) is 3.25. The van der Waals surface area contributed by atoms with E-state index in [1.807, 2.05) is 6.92 Å². The van der Waals surface area contributed by atoms with Gasteiger partial charge in [-0.3, -0.25) is 0 Å². The van der Waals surface area contributed by atoms with Crippen LogP contribution in [0.1, 0.15) is 20.3 Å². The zero-order valence-electron chi connectivity index (χ0n) is 6.22. The average Bonchev–Trinajstić information content (AvgIpc) is 2.44. The molecule has 52 valence electrons. The normalized spacial score (nSPS) is 35.9. The molecule has 0 bridgehead atoms. The van der Waals surface area contributed by atoms with Gasteiger partial charge in [-0.15, -0.1) is 0 Å². The highest BCUT2D eigenvalue weighted by Crippen LogP contribution is 2.41. The predicted molar refractivity (Wildman–Crippen MR) is 40.1 cm³/mol. The summed E-state index contributed by atoms with van der Waals surface area (Å²) < 4.78 is 0. The lowest BCUT2D eigenvalue weighted by Gasteiger charge is -2.08. The molecular formula is C8H15N. The highest BCUT2D eigenvalue weighted by molar-refractivity contribution is 5.08. The molecule has 0 saturated heterocycles. The number of rotatable bonds is 2. The first kappa shape index (κ1) is 6.81. The fourth-order valence-corrected chi connectivity index (χ4v) is 1.22. The molecule has 3 unspecified atom stereocenters. The standard InChI is InChI=1S/C8H15N/c1-5(2)8(9)7-4-6(7)3/h6-8H,1,4,9H2,2-3H3. The van der Waals surface area contributed by atoms with Gasteiger partial charge in [0.2, 0.25) is 0 Å². The third-order valence-electron chi connectivity index (χ3n) is 2.20. The van der Waals surface area contributed by atoms with Crippen molar-refractivity contribution in [3.8, 4) is 0 Å². The van der Waals surface area contributed by atoms with E-state index in [1.165, 1.54) is 6.42 Å². The number of hydrogen-bond donors (Lipinski definition) is 1. The van der Waals surface area contributed by atoms with Crippen LogP contribution in [0, 0.1) is 11.8 Å². The lowest BCUT2D eigenvalue weighted by Crippen LogP contribution is -2.23. The topological polar surface area (TPSA) is 26.0 Å². The SMILES string of the molecule is C=C(C)C(N)C1CC1C. The van der Waals surface area contributed by atoms with Crippen molar-refractivity contribution in [1.29, 1.82) is 0 Å². The Kier molecular flexibility index (Phi) is 1.62. The van der Waals surface area contributed by atoms with Gasteiger partial charge in [0.05, 0.1) is 0 Å². The van der Waals surface area contributed by atoms with E-state index in [1.54, 1.807) is 0 Å². The zero-order chi connectivity index (χ0) is 7.02. The van der Waals surface area contributed by atoms with Gasteiger partial charge < -0.3 is 5.73 Å². The molecule has 0 heterocycles.